The smallest absolute Gasteiger partial charge is 0.154 e. The fourth-order valence-corrected chi connectivity index (χ4v) is 4.54. The first-order chi connectivity index (χ1) is 11.9. The van der Waals surface area contributed by atoms with E-state index < -0.39 is 0 Å². The quantitative estimate of drug-likeness (QED) is 0.483. The van der Waals surface area contributed by atoms with Gasteiger partial charge in [-0.2, -0.15) is 0 Å². The van der Waals surface area contributed by atoms with Gasteiger partial charge >= 0.3 is 0 Å². The fourth-order valence-electron chi connectivity index (χ4n) is 4.54. The van der Waals surface area contributed by atoms with Gasteiger partial charge in [0.1, 0.15) is 11.5 Å². The summed E-state index contributed by atoms with van der Waals surface area (Å²) in [5.41, 5.74) is 1.75. The Morgan fingerprint density at radius 2 is 1.96 bits per heavy atom. The van der Waals surface area contributed by atoms with Gasteiger partial charge in [0.05, 0.1) is 5.56 Å². The van der Waals surface area contributed by atoms with Gasteiger partial charge < -0.3 is 10.2 Å². The molecule has 3 atom stereocenters. The number of unbranched alkanes of at least 4 members (excludes halogenated alkanes) is 2. The van der Waals surface area contributed by atoms with Crippen LogP contribution >= 0.6 is 0 Å². The van der Waals surface area contributed by atoms with E-state index in [9.17, 15) is 15.0 Å². The minimum absolute atomic E-state index is 0.0197. The number of phenolic OH excluding ortho intramolecular Hbond substituents is 2. The fraction of sp³-hybridized carbons (Fsp3) is 0.682. The summed E-state index contributed by atoms with van der Waals surface area (Å²) in [6.07, 6.45) is 7.88. The van der Waals surface area contributed by atoms with E-state index in [2.05, 4.69) is 27.7 Å². The van der Waals surface area contributed by atoms with Crippen molar-refractivity contribution in [3.8, 4) is 11.5 Å². The van der Waals surface area contributed by atoms with E-state index in [4.69, 9.17) is 0 Å². The largest absolute Gasteiger partial charge is 0.508 e. The number of hydrogen-bond donors (Lipinski definition) is 2. The van der Waals surface area contributed by atoms with E-state index in [0.717, 1.165) is 50.4 Å². The van der Waals surface area contributed by atoms with Crippen LogP contribution in [-0.2, 0) is 6.42 Å². The average molecular weight is 347 g/mol. The van der Waals surface area contributed by atoms with Crippen molar-refractivity contribution in [2.24, 2.45) is 17.8 Å². The molecule has 0 aromatic heterocycles. The van der Waals surface area contributed by atoms with E-state index in [1.165, 1.54) is 6.42 Å². The number of aromatic hydroxyl groups is 2. The molecule has 0 saturated heterocycles. The van der Waals surface area contributed by atoms with Crippen molar-refractivity contribution in [3.05, 3.63) is 22.8 Å². The maximum atomic E-state index is 11.7. The Bertz CT molecular complexity index is 591. The highest BCUT2D eigenvalue weighted by molar-refractivity contribution is 5.83. The maximum absolute atomic E-state index is 11.7. The first-order valence-electron chi connectivity index (χ1n) is 9.93. The molecule has 140 valence electrons. The van der Waals surface area contributed by atoms with Gasteiger partial charge in [-0.05, 0) is 61.0 Å². The van der Waals surface area contributed by atoms with E-state index in [1.54, 1.807) is 6.07 Å². The van der Waals surface area contributed by atoms with Crippen molar-refractivity contribution in [1.82, 2.24) is 0 Å². The third kappa shape index (κ3) is 4.37. The Morgan fingerprint density at radius 3 is 2.56 bits per heavy atom. The maximum Gasteiger partial charge on any atom is 0.154 e. The number of rotatable bonds is 7. The Labute approximate surface area is 152 Å². The molecule has 1 aromatic rings. The predicted octanol–water partition coefficient (Wildman–Crippen LogP) is 5.82. The zero-order chi connectivity index (χ0) is 18.6. The number of phenols is 2. The summed E-state index contributed by atoms with van der Waals surface area (Å²) in [4.78, 5) is 11.7. The van der Waals surface area contributed by atoms with Crippen LogP contribution in [-0.4, -0.2) is 16.5 Å². The minimum Gasteiger partial charge on any atom is -0.508 e. The highest BCUT2D eigenvalue weighted by Gasteiger charge is 2.35. The summed E-state index contributed by atoms with van der Waals surface area (Å²) < 4.78 is 0. The summed E-state index contributed by atoms with van der Waals surface area (Å²) in [6.45, 7) is 8.79. The molecule has 1 fully saturated rings. The van der Waals surface area contributed by atoms with Gasteiger partial charge in [-0.25, -0.2) is 0 Å². The van der Waals surface area contributed by atoms with Crippen LogP contribution in [0, 0.1) is 17.8 Å². The van der Waals surface area contributed by atoms with Crippen molar-refractivity contribution in [2.75, 3.05) is 0 Å². The molecule has 25 heavy (non-hydrogen) atoms. The molecule has 0 spiro atoms. The van der Waals surface area contributed by atoms with Crippen molar-refractivity contribution >= 4 is 6.29 Å². The topological polar surface area (TPSA) is 57.5 Å². The SMILES string of the molecule is CCCCCc1cc(O)c([C@@H]2C[C@@H](C)CC[C@H]2C(C)C)c(O)c1C=O. The van der Waals surface area contributed by atoms with Crippen LogP contribution in [0.4, 0.5) is 0 Å². The number of hydrogen-bond acceptors (Lipinski definition) is 3. The van der Waals surface area contributed by atoms with Gasteiger partial charge in [0.15, 0.2) is 6.29 Å². The number of aldehydes is 1. The zero-order valence-corrected chi connectivity index (χ0v) is 16.2. The van der Waals surface area contributed by atoms with Crippen LogP contribution in [0.3, 0.4) is 0 Å². The lowest BCUT2D eigenvalue weighted by atomic mass is 9.67. The third-order valence-electron chi connectivity index (χ3n) is 6.00. The second kappa shape index (κ2) is 8.73. The lowest BCUT2D eigenvalue weighted by Crippen LogP contribution is -2.26. The molecule has 0 aliphatic heterocycles. The summed E-state index contributed by atoms with van der Waals surface area (Å²) in [7, 11) is 0. The molecule has 0 amide bonds. The van der Waals surface area contributed by atoms with Gasteiger partial charge in [0.25, 0.3) is 0 Å². The second-order valence-corrected chi connectivity index (χ2v) is 8.24. The number of carbonyl (C=O) groups excluding carboxylic acids is 1. The molecule has 3 heteroatoms. The molecule has 0 radical (unpaired) electrons. The van der Waals surface area contributed by atoms with Gasteiger partial charge in [-0.1, -0.05) is 47.0 Å². The van der Waals surface area contributed by atoms with Crippen LogP contribution in [0.2, 0.25) is 0 Å². The standard InChI is InChI=1S/C22H34O3/c1-5-6-7-8-16-12-20(24)21(22(25)19(16)13-23)18-11-15(4)9-10-17(18)14(2)3/h12-15,17-18,24-25H,5-11H2,1-4H3/t15-,17-,18+/m0/s1. The predicted molar refractivity (Wildman–Crippen MR) is 102 cm³/mol. The van der Waals surface area contributed by atoms with Crippen molar-refractivity contribution in [3.63, 3.8) is 0 Å². The molecule has 1 aliphatic carbocycles. The van der Waals surface area contributed by atoms with Gasteiger partial charge in [0.2, 0.25) is 0 Å². The Balaban J connectivity index is 2.44. The summed E-state index contributed by atoms with van der Waals surface area (Å²) in [6, 6.07) is 1.73. The van der Waals surface area contributed by atoms with Gasteiger partial charge in [-0.15, -0.1) is 0 Å². The van der Waals surface area contributed by atoms with Crippen LogP contribution in [0.25, 0.3) is 0 Å². The van der Waals surface area contributed by atoms with Crippen molar-refractivity contribution < 1.29 is 15.0 Å². The molecule has 2 rings (SSSR count). The summed E-state index contributed by atoms with van der Waals surface area (Å²) in [5, 5.41) is 21.6. The summed E-state index contributed by atoms with van der Waals surface area (Å²) in [5.74, 6) is 1.79. The first kappa shape index (κ1) is 19.8. The molecular weight excluding hydrogens is 312 g/mol. The van der Waals surface area contributed by atoms with Gasteiger partial charge in [-0.3, -0.25) is 4.79 Å². The van der Waals surface area contributed by atoms with Crippen molar-refractivity contribution in [1.29, 1.82) is 0 Å². The molecule has 1 saturated carbocycles. The monoisotopic (exact) mass is 346 g/mol. The Hall–Kier alpha value is -1.51. The molecule has 1 aliphatic rings. The highest BCUT2D eigenvalue weighted by atomic mass is 16.3. The molecule has 0 unspecified atom stereocenters. The van der Waals surface area contributed by atoms with Crippen LogP contribution < -0.4 is 0 Å². The van der Waals surface area contributed by atoms with Crippen LogP contribution in [0.15, 0.2) is 6.07 Å². The molecule has 1 aromatic carbocycles. The normalized spacial score (nSPS) is 23.8. The lowest BCUT2D eigenvalue weighted by Gasteiger charge is -2.38. The third-order valence-corrected chi connectivity index (χ3v) is 6.00. The average Bonchev–Trinajstić information content (AvgIpc) is 2.55. The van der Waals surface area contributed by atoms with E-state index >= 15 is 0 Å². The highest BCUT2D eigenvalue weighted by Crippen LogP contribution is 2.50. The number of aryl methyl sites for hydroxylation is 1. The molecule has 3 nitrogen and oxygen atoms in total. The van der Waals surface area contributed by atoms with E-state index in [1.807, 2.05) is 0 Å². The zero-order valence-electron chi connectivity index (χ0n) is 16.2. The molecule has 0 bridgehead atoms. The van der Waals surface area contributed by atoms with E-state index in [0.29, 0.717) is 28.9 Å². The Kier molecular flexibility index (Phi) is 6.92. The first-order valence-corrected chi connectivity index (χ1v) is 9.93. The molecular formula is C22H34O3. The van der Waals surface area contributed by atoms with E-state index in [-0.39, 0.29) is 17.4 Å². The van der Waals surface area contributed by atoms with Crippen LogP contribution in [0.5, 0.6) is 11.5 Å². The number of benzene rings is 1. The summed E-state index contributed by atoms with van der Waals surface area (Å²) >= 11 is 0. The molecule has 0 heterocycles. The molecule has 2 N–H and O–H groups in total. The Morgan fingerprint density at radius 1 is 1.24 bits per heavy atom. The number of carbonyl (C=O) groups is 1. The van der Waals surface area contributed by atoms with Gasteiger partial charge in [0, 0.05) is 5.56 Å². The van der Waals surface area contributed by atoms with Crippen molar-refractivity contribution in [2.45, 2.75) is 78.6 Å². The lowest BCUT2D eigenvalue weighted by molar-refractivity contribution is 0.111. The van der Waals surface area contributed by atoms with Crippen LogP contribution in [0.1, 0.15) is 93.6 Å². The minimum atomic E-state index is 0.0197. The second-order valence-electron chi connectivity index (χ2n) is 8.24.